The molecule has 1 N–H and O–H groups in total. The Balaban J connectivity index is 1.73. The lowest BCUT2D eigenvalue weighted by atomic mass is 10.2. The summed E-state index contributed by atoms with van der Waals surface area (Å²) >= 11 is 0. The average molecular weight is 204 g/mol. The van der Waals surface area contributed by atoms with Gasteiger partial charge in [0.05, 0.1) is 6.20 Å². The molecule has 1 aromatic rings. The van der Waals surface area contributed by atoms with Crippen LogP contribution >= 0.6 is 0 Å². The fourth-order valence-electron chi connectivity index (χ4n) is 2.75. The molecule has 4 nitrogen and oxygen atoms in total. The Labute approximate surface area is 89.7 Å². The molecule has 2 atom stereocenters. The van der Waals surface area contributed by atoms with Gasteiger partial charge in [0.1, 0.15) is 0 Å². The quantitative estimate of drug-likeness (QED) is 0.757. The highest BCUT2D eigenvalue weighted by Gasteiger charge is 2.35. The van der Waals surface area contributed by atoms with Crippen LogP contribution in [0, 0.1) is 0 Å². The van der Waals surface area contributed by atoms with Gasteiger partial charge in [-0.05, 0) is 24.5 Å². The van der Waals surface area contributed by atoms with E-state index in [0.29, 0.717) is 0 Å². The molecule has 2 aliphatic heterocycles. The molecule has 2 unspecified atom stereocenters. The third kappa shape index (κ3) is 1.75. The van der Waals surface area contributed by atoms with E-state index in [2.05, 4.69) is 26.5 Å². The van der Waals surface area contributed by atoms with Gasteiger partial charge in [0.2, 0.25) is 0 Å². The summed E-state index contributed by atoms with van der Waals surface area (Å²) in [7, 11) is 0. The van der Waals surface area contributed by atoms with Crippen molar-refractivity contribution in [1.82, 2.24) is 20.4 Å². The molecule has 4 heteroatoms. The minimum atomic E-state index is 0.733. The highest BCUT2D eigenvalue weighted by Crippen LogP contribution is 2.27. The minimum absolute atomic E-state index is 0.733. The Morgan fingerprint density at radius 2 is 2.07 bits per heavy atom. The van der Waals surface area contributed by atoms with Crippen molar-refractivity contribution in [3.63, 3.8) is 0 Å². The zero-order valence-electron chi connectivity index (χ0n) is 8.76. The normalized spacial score (nSPS) is 30.7. The molecule has 0 saturated carbocycles. The van der Waals surface area contributed by atoms with Crippen molar-refractivity contribution >= 4 is 0 Å². The van der Waals surface area contributed by atoms with Gasteiger partial charge in [-0.1, -0.05) is 0 Å². The fraction of sp³-hybridized carbons (Fsp3) is 0.636. The van der Waals surface area contributed by atoms with Gasteiger partial charge in [-0.15, -0.1) is 0 Å². The van der Waals surface area contributed by atoms with Crippen molar-refractivity contribution in [2.45, 2.75) is 31.5 Å². The first-order valence-corrected chi connectivity index (χ1v) is 5.65. The first-order chi connectivity index (χ1) is 7.43. The van der Waals surface area contributed by atoms with Crippen LogP contribution in [0.5, 0.6) is 0 Å². The zero-order chi connectivity index (χ0) is 10.1. The van der Waals surface area contributed by atoms with Gasteiger partial charge in [-0.3, -0.25) is 4.90 Å². The molecule has 3 heterocycles. The molecule has 15 heavy (non-hydrogen) atoms. The number of hydrogen-bond acceptors (Lipinski definition) is 4. The van der Waals surface area contributed by atoms with E-state index in [0.717, 1.165) is 31.7 Å². The predicted molar refractivity (Wildman–Crippen MR) is 57.3 cm³/mol. The summed E-state index contributed by atoms with van der Waals surface area (Å²) in [6.07, 6.45) is 6.34. The van der Waals surface area contributed by atoms with Crippen molar-refractivity contribution in [3.05, 3.63) is 24.0 Å². The van der Waals surface area contributed by atoms with Crippen LogP contribution in [-0.2, 0) is 6.54 Å². The molecule has 2 bridgehead atoms. The standard InChI is InChI=1S/C11H16N4/c1-2-11-7-12-6-10(1)15(11)8-9-3-4-13-14-5-9/h3-5,10-12H,1-2,6-8H2. The lowest BCUT2D eigenvalue weighted by Gasteiger charge is -2.35. The maximum atomic E-state index is 3.93. The van der Waals surface area contributed by atoms with E-state index in [1.807, 2.05) is 6.20 Å². The van der Waals surface area contributed by atoms with E-state index in [1.54, 1.807) is 6.20 Å². The molecular formula is C11H16N4. The Morgan fingerprint density at radius 1 is 1.27 bits per heavy atom. The van der Waals surface area contributed by atoms with E-state index in [9.17, 15) is 0 Å². The summed E-state index contributed by atoms with van der Waals surface area (Å²) in [5.74, 6) is 0. The first kappa shape index (κ1) is 9.24. The van der Waals surface area contributed by atoms with Gasteiger partial charge in [0, 0.05) is 37.9 Å². The maximum absolute atomic E-state index is 3.93. The van der Waals surface area contributed by atoms with Gasteiger partial charge < -0.3 is 5.32 Å². The van der Waals surface area contributed by atoms with Crippen LogP contribution in [0.4, 0.5) is 0 Å². The van der Waals surface area contributed by atoms with Gasteiger partial charge in [0.15, 0.2) is 0 Å². The van der Waals surface area contributed by atoms with Crippen molar-refractivity contribution in [2.24, 2.45) is 0 Å². The van der Waals surface area contributed by atoms with Crippen molar-refractivity contribution in [3.8, 4) is 0 Å². The smallest absolute Gasteiger partial charge is 0.0541 e. The summed E-state index contributed by atoms with van der Waals surface area (Å²) in [6.45, 7) is 3.33. The third-order valence-electron chi connectivity index (χ3n) is 3.54. The van der Waals surface area contributed by atoms with Crippen LogP contribution in [0.1, 0.15) is 18.4 Å². The highest BCUT2D eigenvalue weighted by molar-refractivity contribution is 5.07. The maximum Gasteiger partial charge on any atom is 0.0541 e. The predicted octanol–water partition coefficient (Wildman–Crippen LogP) is 0.413. The molecule has 1 aromatic heterocycles. The molecule has 0 spiro atoms. The first-order valence-electron chi connectivity index (χ1n) is 5.65. The number of nitrogens with one attached hydrogen (secondary N) is 1. The average Bonchev–Trinajstić information content (AvgIpc) is 2.53. The number of rotatable bonds is 2. The third-order valence-corrected chi connectivity index (χ3v) is 3.54. The SMILES string of the molecule is c1cc(CN2C3CCC2CNC3)cnn1. The van der Waals surface area contributed by atoms with E-state index in [1.165, 1.54) is 18.4 Å². The summed E-state index contributed by atoms with van der Waals surface area (Å²) in [6, 6.07) is 3.53. The summed E-state index contributed by atoms with van der Waals surface area (Å²) in [4.78, 5) is 2.62. The summed E-state index contributed by atoms with van der Waals surface area (Å²) in [5.41, 5.74) is 1.28. The molecule has 0 aromatic carbocycles. The number of nitrogens with zero attached hydrogens (tertiary/aromatic N) is 3. The molecule has 2 saturated heterocycles. The minimum Gasteiger partial charge on any atom is -0.314 e. The Hall–Kier alpha value is -1.00. The second-order valence-corrected chi connectivity index (χ2v) is 4.47. The zero-order valence-corrected chi connectivity index (χ0v) is 8.76. The molecule has 80 valence electrons. The molecular weight excluding hydrogens is 188 g/mol. The topological polar surface area (TPSA) is 41.0 Å². The number of piperazine rings is 1. The van der Waals surface area contributed by atoms with E-state index in [4.69, 9.17) is 0 Å². The van der Waals surface area contributed by atoms with Gasteiger partial charge in [0.25, 0.3) is 0 Å². The molecule has 0 radical (unpaired) electrons. The number of fused-ring (bicyclic) bond motifs is 2. The summed E-state index contributed by atoms with van der Waals surface area (Å²) < 4.78 is 0. The Morgan fingerprint density at radius 3 is 2.73 bits per heavy atom. The van der Waals surface area contributed by atoms with E-state index in [-0.39, 0.29) is 0 Å². The largest absolute Gasteiger partial charge is 0.314 e. The van der Waals surface area contributed by atoms with Gasteiger partial charge in [-0.2, -0.15) is 10.2 Å². The number of aromatic nitrogens is 2. The Kier molecular flexibility index (Phi) is 2.38. The molecule has 3 rings (SSSR count). The van der Waals surface area contributed by atoms with Crippen molar-refractivity contribution < 1.29 is 0 Å². The van der Waals surface area contributed by atoms with Gasteiger partial charge in [-0.25, -0.2) is 0 Å². The van der Waals surface area contributed by atoms with E-state index < -0.39 is 0 Å². The van der Waals surface area contributed by atoms with Crippen LogP contribution < -0.4 is 5.32 Å². The van der Waals surface area contributed by atoms with Crippen LogP contribution in [0.25, 0.3) is 0 Å². The lowest BCUT2D eigenvalue weighted by molar-refractivity contribution is 0.145. The molecule has 0 amide bonds. The van der Waals surface area contributed by atoms with Crippen LogP contribution in [0.15, 0.2) is 18.5 Å². The molecule has 2 aliphatic rings. The van der Waals surface area contributed by atoms with Crippen molar-refractivity contribution in [2.75, 3.05) is 13.1 Å². The van der Waals surface area contributed by atoms with E-state index >= 15 is 0 Å². The second-order valence-electron chi connectivity index (χ2n) is 4.47. The monoisotopic (exact) mass is 204 g/mol. The molecule has 0 aliphatic carbocycles. The van der Waals surface area contributed by atoms with Crippen molar-refractivity contribution in [1.29, 1.82) is 0 Å². The number of hydrogen-bond donors (Lipinski definition) is 1. The van der Waals surface area contributed by atoms with Gasteiger partial charge >= 0.3 is 0 Å². The summed E-state index contributed by atoms with van der Waals surface area (Å²) in [5, 5.41) is 11.2. The van der Waals surface area contributed by atoms with Crippen LogP contribution in [0.3, 0.4) is 0 Å². The van der Waals surface area contributed by atoms with Crippen LogP contribution in [0.2, 0.25) is 0 Å². The Bertz CT molecular complexity index is 311. The lowest BCUT2D eigenvalue weighted by Crippen LogP contribution is -2.51. The van der Waals surface area contributed by atoms with Crippen LogP contribution in [-0.4, -0.2) is 40.3 Å². The fourth-order valence-corrected chi connectivity index (χ4v) is 2.75. The molecule has 2 fully saturated rings. The highest BCUT2D eigenvalue weighted by atomic mass is 15.3. The second kappa shape index (κ2) is 3.87.